The molecular formula is C18H28Cl3NOS2. The van der Waals surface area contributed by atoms with Crippen LogP contribution in [0.2, 0.25) is 0 Å². The first-order valence-electron chi connectivity index (χ1n) is 8.83. The lowest BCUT2D eigenvalue weighted by Gasteiger charge is -2.31. The standard InChI is InChI=1S/C18H27Cl2NOS2.ClH/c1-2-3-4-10-21-11-7-15(8-12-21)9-13-22-16-5-6-17(23-19)18(14-16)24-20;/h5-6,14-15H,2-4,7-13H2,1H3;1H. The number of hydrogen-bond donors (Lipinski definition) is 0. The van der Waals surface area contributed by atoms with Gasteiger partial charge in [-0.05, 0) is 113 Å². The normalized spacial score (nSPS) is 15.8. The Labute approximate surface area is 176 Å². The first kappa shape index (κ1) is 23.6. The molecule has 0 radical (unpaired) electrons. The highest BCUT2D eigenvalue weighted by Gasteiger charge is 2.18. The van der Waals surface area contributed by atoms with Crippen LogP contribution in [0.5, 0.6) is 5.75 Å². The van der Waals surface area contributed by atoms with E-state index in [0.29, 0.717) is 0 Å². The SMILES string of the molecule is CCCCCN1CCC(CCOc2ccc(SCl)c(SCl)c2)CC1.Cl. The quantitative estimate of drug-likeness (QED) is 0.351. The lowest BCUT2D eigenvalue weighted by atomic mass is 9.94. The number of nitrogens with zero attached hydrogens (tertiary/aromatic N) is 1. The van der Waals surface area contributed by atoms with E-state index in [0.717, 1.165) is 34.5 Å². The topological polar surface area (TPSA) is 12.5 Å². The van der Waals surface area contributed by atoms with E-state index in [1.165, 1.54) is 73.7 Å². The summed E-state index contributed by atoms with van der Waals surface area (Å²) in [6, 6.07) is 5.91. The van der Waals surface area contributed by atoms with Gasteiger partial charge in [0.2, 0.25) is 0 Å². The van der Waals surface area contributed by atoms with Gasteiger partial charge in [0.1, 0.15) is 5.75 Å². The number of benzene rings is 1. The molecule has 2 nitrogen and oxygen atoms in total. The van der Waals surface area contributed by atoms with Crippen molar-refractivity contribution in [3.63, 3.8) is 0 Å². The van der Waals surface area contributed by atoms with Gasteiger partial charge in [0.15, 0.2) is 0 Å². The molecule has 1 heterocycles. The smallest absolute Gasteiger partial charge is 0.120 e. The summed E-state index contributed by atoms with van der Waals surface area (Å²) < 4.78 is 5.92. The van der Waals surface area contributed by atoms with E-state index in [1.807, 2.05) is 18.2 Å². The van der Waals surface area contributed by atoms with Crippen LogP contribution in [0.15, 0.2) is 28.0 Å². The highest BCUT2D eigenvalue weighted by atomic mass is 35.7. The largest absolute Gasteiger partial charge is 0.494 e. The third-order valence-corrected chi connectivity index (χ3v) is 6.81. The highest BCUT2D eigenvalue weighted by Crippen LogP contribution is 2.37. The van der Waals surface area contributed by atoms with Crippen LogP contribution in [0.4, 0.5) is 0 Å². The van der Waals surface area contributed by atoms with E-state index in [9.17, 15) is 0 Å². The number of unbranched alkanes of at least 4 members (excludes halogenated alkanes) is 2. The first-order chi connectivity index (χ1) is 11.8. The molecule has 1 aliphatic heterocycles. The molecule has 0 saturated carbocycles. The van der Waals surface area contributed by atoms with Gasteiger partial charge in [-0.2, -0.15) is 0 Å². The number of ether oxygens (including phenoxy) is 1. The number of hydrogen-bond acceptors (Lipinski definition) is 4. The van der Waals surface area contributed by atoms with Crippen molar-refractivity contribution < 1.29 is 4.74 Å². The van der Waals surface area contributed by atoms with E-state index in [1.54, 1.807) is 0 Å². The van der Waals surface area contributed by atoms with Crippen molar-refractivity contribution in [3.8, 4) is 5.75 Å². The molecule has 25 heavy (non-hydrogen) atoms. The van der Waals surface area contributed by atoms with Crippen LogP contribution in [-0.2, 0) is 0 Å². The molecule has 1 saturated heterocycles. The van der Waals surface area contributed by atoms with Gasteiger partial charge in [-0.25, -0.2) is 0 Å². The maximum absolute atomic E-state index is 5.92. The molecule has 1 aromatic rings. The zero-order valence-corrected chi connectivity index (χ0v) is 18.7. The molecule has 0 unspecified atom stereocenters. The van der Waals surface area contributed by atoms with Crippen molar-refractivity contribution >= 4 is 55.7 Å². The summed E-state index contributed by atoms with van der Waals surface area (Å²) in [6.45, 7) is 6.83. The Hall–Kier alpha value is 0.550. The molecule has 0 aliphatic carbocycles. The average Bonchev–Trinajstić information content (AvgIpc) is 2.63. The van der Waals surface area contributed by atoms with Gasteiger partial charge in [-0.1, -0.05) is 19.8 Å². The first-order valence-corrected chi connectivity index (χ1v) is 12.1. The molecule has 2 rings (SSSR count). The van der Waals surface area contributed by atoms with E-state index < -0.39 is 0 Å². The van der Waals surface area contributed by atoms with Crippen LogP contribution in [0.1, 0.15) is 45.4 Å². The van der Waals surface area contributed by atoms with Gasteiger partial charge in [0, 0.05) is 9.79 Å². The molecule has 1 aliphatic rings. The van der Waals surface area contributed by atoms with Gasteiger partial charge < -0.3 is 9.64 Å². The van der Waals surface area contributed by atoms with Crippen molar-refractivity contribution in [2.24, 2.45) is 5.92 Å². The predicted octanol–water partition coefficient (Wildman–Crippen LogP) is 7.27. The van der Waals surface area contributed by atoms with Gasteiger partial charge in [-0.3, -0.25) is 0 Å². The second-order valence-electron chi connectivity index (χ2n) is 6.39. The predicted molar refractivity (Wildman–Crippen MR) is 116 cm³/mol. The fourth-order valence-corrected chi connectivity index (χ4v) is 5.00. The monoisotopic (exact) mass is 443 g/mol. The Morgan fingerprint density at radius 3 is 2.48 bits per heavy atom. The fourth-order valence-electron chi connectivity index (χ4n) is 3.13. The Kier molecular flexibility index (Phi) is 12.9. The maximum atomic E-state index is 5.92. The minimum absolute atomic E-state index is 0. The highest BCUT2D eigenvalue weighted by molar-refractivity contribution is 8.23. The molecule has 0 aromatic heterocycles. The van der Waals surface area contributed by atoms with Crippen LogP contribution in [0, 0.1) is 5.92 Å². The Bertz CT molecular complexity index is 485. The molecule has 0 atom stereocenters. The van der Waals surface area contributed by atoms with Crippen LogP contribution in [0.25, 0.3) is 0 Å². The number of likely N-dealkylation sites (tertiary alicyclic amines) is 1. The summed E-state index contributed by atoms with van der Waals surface area (Å²) in [5.74, 6) is 1.68. The molecular weight excluding hydrogens is 417 g/mol. The Morgan fingerprint density at radius 1 is 1.12 bits per heavy atom. The minimum atomic E-state index is 0. The second-order valence-corrected chi connectivity index (χ2v) is 8.51. The summed E-state index contributed by atoms with van der Waals surface area (Å²) in [5.41, 5.74) is 0. The zero-order valence-electron chi connectivity index (χ0n) is 14.7. The lowest BCUT2D eigenvalue weighted by molar-refractivity contribution is 0.161. The third-order valence-electron chi connectivity index (χ3n) is 4.66. The number of rotatable bonds is 10. The van der Waals surface area contributed by atoms with Gasteiger partial charge >= 0.3 is 0 Å². The summed E-state index contributed by atoms with van der Waals surface area (Å²) in [7, 11) is 14.1. The summed E-state index contributed by atoms with van der Waals surface area (Å²) in [6.07, 6.45) is 7.76. The van der Waals surface area contributed by atoms with Gasteiger partial charge in [-0.15, -0.1) is 12.4 Å². The van der Waals surface area contributed by atoms with E-state index in [-0.39, 0.29) is 12.4 Å². The number of halogens is 3. The molecule has 1 fully saturated rings. The van der Waals surface area contributed by atoms with Crippen molar-refractivity contribution in [3.05, 3.63) is 18.2 Å². The van der Waals surface area contributed by atoms with Crippen LogP contribution in [-0.4, -0.2) is 31.1 Å². The second kappa shape index (κ2) is 13.7. The van der Waals surface area contributed by atoms with Crippen molar-refractivity contribution in [2.75, 3.05) is 26.2 Å². The van der Waals surface area contributed by atoms with E-state index in [2.05, 4.69) is 11.8 Å². The molecule has 0 bridgehead atoms. The van der Waals surface area contributed by atoms with Gasteiger partial charge in [0.05, 0.1) is 6.61 Å². The molecule has 144 valence electrons. The number of piperidine rings is 1. The van der Waals surface area contributed by atoms with E-state index in [4.69, 9.17) is 26.1 Å². The minimum Gasteiger partial charge on any atom is -0.494 e. The van der Waals surface area contributed by atoms with Crippen LogP contribution >= 0.6 is 55.7 Å². The Morgan fingerprint density at radius 2 is 1.84 bits per heavy atom. The van der Waals surface area contributed by atoms with Crippen molar-refractivity contribution in [2.45, 2.75) is 55.2 Å². The average molecular weight is 445 g/mol. The molecule has 7 heteroatoms. The summed E-state index contributed by atoms with van der Waals surface area (Å²) in [5, 5.41) is 0. The lowest BCUT2D eigenvalue weighted by Crippen LogP contribution is -2.34. The molecule has 0 spiro atoms. The van der Waals surface area contributed by atoms with Gasteiger partial charge in [0.25, 0.3) is 0 Å². The maximum Gasteiger partial charge on any atom is 0.120 e. The summed E-state index contributed by atoms with van der Waals surface area (Å²) in [4.78, 5) is 4.55. The summed E-state index contributed by atoms with van der Waals surface area (Å²) >= 11 is 0. The third kappa shape index (κ3) is 8.40. The zero-order chi connectivity index (χ0) is 17.2. The molecule has 0 N–H and O–H groups in total. The van der Waals surface area contributed by atoms with E-state index >= 15 is 0 Å². The Balaban J connectivity index is 0.00000312. The van der Waals surface area contributed by atoms with Crippen molar-refractivity contribution in [1.82, 2.24) is 4.90 Å². The van der Waals surface area contributed by atoms with Crippen molar-refractivity contribution in [1.29, 1.82) is 0 Å². The fraction of sp³-hybridized carbons (Fsp3) is 0.667. The van der Waals surface area contributed by atoms with Crippen LogP contribution < -0.4 is 4.74 Å². The molecule has 1 aromatic carbocycles. The van der Waals surface area contributed by atoms with Crippen LogP contribution in [0.3, 0.4) is 0 Å². The molecule has 0 amide bonds.